The lowest BCUT2D eigenvalue weighted by Crippen LogP contribution is -2.51. The number of alkyl carbamates (subject to hydrolysis) is 1. The number of methoxy groups -OCH3 is 1. The Morgan fingerprint density at radius 2 is 1.39 bits per heavy atom. The molecule has 3 amide bonds. The van der Waals surface area contributed by atoms with Gasteiger partial charge in [0.2, 0.25) is 11.8 Å². The third-order valence-corrected chi connectivity index (χ3v) is 12.6. The van der Waals surface area contributed by atoms with E-state index in [-0.39, 0.29) is 106 Å². The normalized spacial score (nSPS) is 20.1. The smallest absolute Gasteiger partial charge is 0.407 e. The van der Waals surface area contributed by atoms with Crippen LogP contribution >= 0.6 is 54.0 Å². The predicted octanol–water partition coefficient (Wildman–Crippen LogP) is 7.29. The number of ether oxygens (including phenoxy) is 1. The Balaban J connectivity index is 0.00000192. The van der Waals surface area contributed by atoms with E-state index in [1.54, 1.807) is 6.20 Å². The molecule has 4 fully saturated rings. The minimum absolute atomic E-state index is 0. The second-order valence-corrected chi connectivity index (χ2v) is 17.3. The van der Waals surface area contributed by atoms with E-state index >= 15 is 0 Å². The Kier molecular flexibility index (Phi) is 14.9. The van der Waals surface area contributed by atoms with Crippen molar-refractivity contribution < 1.29 is 24.3 Å². The van der Waals surface area contributed by atoms with Crippen LogP contribution in [0.1, 0.15) is 108 Å². The summed E-state index contributed by atoms with van der Waals surface area (Å²) in [6.45, 7) is 11.4. The van der Waals surface area contributed by atoms with Gasteiger partial charge in [-0.15, -0.1) is 0 Å². The van der Waals surface area contributed by atoms with Crippen LogP contribution in [0.2, 0.25) is 0 Å². The molecule has 12 nitrogen and oxygen atoms in total. The van der Waals surface area contributed by atoms with Crippen LogP contribution < -0.4 is 5.32 Å². The zero-order valence-electron chi connectivity index (χ0n) is 34.6. The van der Waals surface area contributed by atoms with Crippen molar-refractivity contribution in [2.75, 3.05) is 20.2 Å². The molecule has 2 aromatic carbocycles. The van der Waals surface area contributed by atoms with Gasteiger partial charge in [0.15, 0.2) is 5.82 Å². The average Bonchev–Trinajstić information content (AvgIpc) is 3.85. The van der Waals surface area contributed by atoms with Crippen molar-refractivity contribution in [2.24, 2.45) is 28.6 Å². The number of likely N-dealkylation sites (tertiary alicyclic amines) is 2. The van der Waals surface area contributed by atoms with Crippen molar-refractivity contribution in [3.63, 3.8) is 0 Å². The maximum absolute atomic E-state index is 13.9. The van der Waals surface area contributed by atoms with E-state index in [4.69, 9.17) is 14.7 Å². The highest BCUT2D eigenvalue weighted by atomic mass is 32.1. The minimum atomic E-state index is -0.693. The van der Waals surface area contributed by atoms with Crippen molar-refractivity contribution >= 4 is 82.9 Å². The molecule has 8 rings (SSSR count). The first-order valence-electron chi connectivity index (χ1n) is 19.6. The first-order chi connectivity index (χ1) is 26.3. The summed E-state index contributed by atoms with van der Waals surface area (Å²) in [6.07, 6.45) is 7.06. The van der Waals surface area contributed by atoms with E-state index in [1.807, 2.05) is 73.0 Å². The zero-order chi connectivity index (χ0) is 38.8. The quantitative estimate of drug-likeness (QED) is 0.125. The molecule has 2 aliphatic heterocycles. The molecule has 0 radical (unpaired) electrons. The molecule has 2 saturated heterocycles. The fourth-order valence-electron chi connectivity index (χ4n) is 8.44. The fourth-order valence-corrected chi connectivity index (χ4v) is 8.44. The van der Waals surface area contributed by atoms with Gasteiger partial charge in [0.05, 0.1) is 42.1 Å². The number of nitrogens with zero attached hydrogens (tertiary/aromatic N) is 5. The van der Waals surface area contributed by atoms with Gasteiger partial charge in [-0.3, -0.25) is 9.59 Å². The molecule has 320 valence electrons. The highest BCUT2D eigenvalue weighted by molar-refractivity contribution is 7.59. The third kappa shape index (κ3) is 9.53. The van der Waals surface area contributed by atoms with Gasteiger partial charge in [-0.05, 0) is 91.5 Å². The summed E-state index contributed by atoms with van der Waals surface area (Å²) in [5, 5.41) is 13.7. The highest BCUT2D eigenvalue weighted by Crippen LogP contribution is 2.59. The number of carbonyl (C=O) groups excluding carboxylic acids is 3. The number of carbonyl (C=O) groups is 3. The van der Waals surface area contributed by atoms with Crippen LogP contribution in [0.3, 0.4) is 0 Å². The Morgan fingerprint density at radius 1 is 0.814 bits per heavy atom. The molecule has 3 N–H and O–H groups in total. The van der Waals surface area contributed by atoms with Crippen molar-refractivity contribution in [3.8, 4) is 23.1 Å². The number of imidazole rings is 2. The molecule has 2 aliphatic carbocycles. The van der Waals surface area contributed by atoms with Crippen LogP contribution in [0.5, 0.6) is 0 Å². The van der Waals surface area contributed by atoms with Crippen molar-refractivity contribution in [1.29, 1.82) is 0 Å². The maximum atomic E-state index is 13.9. The van der Waals surface area contributed by atoms with E-state index in [2.05, 4.69) is 36.0 Å². The van der Waals surface area contributed by atoms with Crippen molar-refractivity contribution in [2.45, 2.75) is 91.3 Å². The van der Waals surface area contributed by atoms with E-state index < -0.39 is 12.1 Å². The lowest BCUT2D eigenvalue weighted by atomic mass is 9.96. The van der Waals surface area contributed by atoms with E-state index in [1.165, 1.54) is 7.11 Å². The zero-order valence-corrected chi connectivity index (χ0v) is 38.6. The second kappa shape index (κ2) is 18.4. The number of hydrogen-bond acceptors (Lipinski definition) is 7. The number of nitrogens with one attached hydrogen (secondary N) is 2. The first-order valence-corrected chi connectivity index (χ1v) is 19.6. The van der Waals surface area contributed by atoms with Gasteiger partial charge < -0.3 is 30.0 Å². The molecule has 16 heteroatoms. The fraction of sp³-hybridized carbons (Fsp3) is 0.512. The molecular formula is C43H59N7O5S4. The van der Waals surface area contributed by atoms with E-state index in [0.29, 0.717) is 18.1 Å². The summed E-state index contributed by atoms with van der Waals surface area (Å²) in [6, 6.07) is 12.5. The lowest BCUT2D eigenvalue weighted by molar-refractivity contribution is -0.138. The Morgan fingerprint density at radius 3 is 1.97 bits per heavy atom. The number of aromatic amines is 1. The number of benzene rings is 2. The summed E-state index contributed by atoms with van der Waals surface area (Å²) in [4.78, 5) is 56.5. The van der Waals surface area contributed by atoms with Crippen LogP contribution in [0.25, 0.3) is 22.3 Å². The summed E-state index contributed by atoms with van der Waals surface area (Å²) in [5.41, 5.74) is 5.08. The molecule has 4 heterocycles. The van der Waals surface area contributed by atoms with Crippen molar-refractivity contribution in [3.05, 3.63) is 71.4 Å². The molecule has 0 bridgehead atoms. The van der Waals surface area contributed by atoms with Crippen LogP contribution in [0.4, 0.5) is 4.79 Å². The largest absolute Gasteiger partial charge is 0.453 e. The standard InChI is InChI=1S/C43H51N7O5.4H2S/c1-25(2)27(5)39(51)49-24-43(17-18-43)21-35(49)38-46-33(22-50(38)54)30-12-9-28(10-13-30)7-8-29-11-14-31-32(19-29)45-37(44-31)34-20-42(15-16-42)23-48(34)40(52)36(26(3)4)47-41(53)55-6;;;;/h9-14,19,22,25-27,34-36,54H,15-18,20-21,23-24H2,1-6H3,(H,44,45)(H,47,53);4*1H2/t27-,34-,35-,36-;;;;/m0..../s1. The van der Waals surface area contributed by atoms with Gasteiger partial charge in [-0.1, -0.05) is 58.6 Å². The summed E-state index contributed by atoms with van der Waals surface area (Å²) in [7, 11) is 1.30. The van der Waals surface area contributed by atoms with Gasteiger partial charge in [0.25, 0.3) is 0 Å². The first kappa shape index (κ1) is 47.8. The number of amides is 3. The van der Waals surface area contributed by atoms with Crippen molar-refractivity contribution in [1.82, 2.24) is 34.8 Å². The molecule has 2 saturated carbocycles. The molecule has 2 aromatic heterocycles. The average molecular weight is 882 g/mol. The van der Waals surface area contributed by atoms with E-state index in [0.717, 1.165) is 83.3 Å². The van der Waals surface area contributed by atoms with Crippen LogP contribution in [-0.4, -0.2) is 78.8 Å². The number of rotatable bonds is 8. The maximum Gasteiger partial charge on any atom is 0.407 e. The SMILES string of the molecule is COC(=O)N[C@H](C(=O)N1CC2(CC2)C[C@H]1c1nc2ccc(C#Cc3ccc(-c4cn(O)c([C@@H]5CC6(CC6)CN5C(=O)[C@@H](C)C(C)C)n4)cc3)cc2[nH]1)C(C)C.S.S.S.S. The molecule has 2 spiro atoms. The molecule has 59 heavy (non-hydrogen) atoms. The topological polar surface area (TPSA) is 146 Å². The number of hydrogen-bond donors (Lipinski definition) is 3. The third-order valence-electron chi connectivity index (χ3n) is 12.6. The number of H-pyrrole nitrogens is 1. The van der Waals surface area contributed by atoms with Gasteiger partial charge >= 0.3 is 6.09 Å². The summed E-state index contributed by atoms with van der Waals surface area (Å²) in [5.74, 6) is 7.84. The van der Waals surface area contributed by atoms with E-state index in [9.17, 15) is 19.6 Å². The molecule has 4 aromatic rings. The van der Waals surface area contributed by atoms with Gasteiger partial charge in [0.1, 0.15) is 11.9 Å². The molecule has 4 atom stereocenters. The highest BCUT2D eigenvalue weighted by Gasteiger charge is 2.56. The minimum Gasteiger partial charge on any atom is -0.453 e. The Bertz CT molecular complexity index is 2220. The Hall–Kier alpha value is -3.91. The molecule has 0 unspecified atom stereocenters. The van der Waals surface area contributed by atoms with Crippen LogP contribution in [-0.2, 0) is 14.3 Å². The van der Waals surface area contributed by atoms with Crippen LogP contribution in [0.15, 0.2) is 48.7 Å². The predicted molar refractivity (Wildman–Crippen MR) is 248 cm³/mol. The molecular weight excluding hydrogens is 823 g/mol. The summed E-state index contributed by atoms with van der Waals surface area (Å²) >= 11 is 0. The number of fused-ring (bicyclic) bond motifs is 1. The van der Waals surface area contributed by atoms with Gasteiger partial charge in [-0.25, -0.2) is 14.8 Å². The lowest BCUT2D eigenvalue weighted by Gasteiger charge is -2.30. The number of aromatic nitrogens is 4. The summed E-state index contributed by atoms with van der Waals surface area (Å²) < 4.78 is 5.91. The van der Waals surface area contributed by atoms with Crippen LogP contribution in [0, 0.1) is 40.4 Å². The second-order valence-electron chi connectivity index (χ2n) is 17.3. The van der Waals surface area contributed by atoms with Gasteiger partial charge in [-0.2, -0.15) is 58.7 Å². The Labute approximate surface area is 374 Å². The van der Waals surface area contributed by atoms with Gasteiger partial charge in [0, 0.05) is 35.7 Å². The molecule has 4 aliphatic rings. The monoisotopic (exact) mass is 881 g/mol.